The lowest BCUT2D eigenvalue weighted by molar-refractivity contribution is 0.396. The van der Waals surface area contributed by atoms with E-state index in [0.717, 1.165) is 24.7 Å². The second kappa shape index (κ2) is 12.8. The summed E-state index contributed by atoms with van der Waals surface area (Å²) in [4.78, 5) is 10.3. The Kier molecular flexibility index (Phi) is 11.1. The molecule has 0 amide bonds. The highest BCUT2D eigenvalue weighted by atomic mass is 127. The van der Waals surface area contributed by atoms with Crippen LogP contribution in [-0.4, -0.2) is 36.4 Å². The van der Waals surface area contributed by atoms with Crippen molar-refractivity contribution in [1.29, 1.82) is 0 Å². The summed E-state index contributed by atoms with van der Waals surface area (Å²) in [6.07, 6.45) is 0. The summed E-state index contributed by atoms with van der Waals surface area (Å²) in [5, 5.41) is 7.10. The molecule has 26 heavy (non-hydrogen) atoms. The molecule has 1 heterocycles. The van der Waals surface area contributed by atoms with Crippen LogP contribution in [0.15, 0.2) is 58.4 Å². The Labute approximate surface area is 177 Å². The van der Waals surface area contributed by atoms with E-state index in [4.69, 9.17) is 4.74 Å². The molecule has 0 radical (unpaired) electrons. The van der Waals surface area contributed by atoms with E-state index < -0.39 is 0 Å². The summed E-state index contributed by atoms with van der Waals surface area (Å²) in [6, 6.07) is 16.1. The zero-order valence-electron chi connectivity index (χ0n) is 15.4. The van der Waals surface area contributed by atoms with Gasteiger partial charge in [-0.15, -0.1) is 35.7 Å². The van der Waals surface area contributed by atoms with Gasteiger partial charge < -0.3 is 15.4 Å². The molecule has 1 atom stereocenters. The van der Waals surface area contributed by atoms with E-state index in [0.29, 0.717) is 17.7 Å². The number of rotatable bonds is 8. The van der Waals surface area contributed by atoms with Crippen molar-refractivity contribution in [3.05, 3.63) is 54.2 Å². The van der Waals surface area contributed by atoms with E-state index in [9.17, 15) is 0 Å². The highest BCUT2D eigenvalue weighted by molar-refractivity contribution is 14.0. The first-order chi connectivity index (χ1) is 12.2. The predicted octanol–water partition coefficient (Wildman–Crippen LogP) is 3.94. The lowest BCUT2D eigenvalue weighted by atomic mass is 10.3. The third kappa shape index (κ3) is 8.27. The first-order valence-corrected chi connectivity index (χ1v) is 9.33. The van der Waals surface area contributed by atoms with Gasteiger partial charge >= 0.3 is 0 Å². The Hall–Kier alpha value is -1.48. The van der Waals surface area contributed by atoms with Crippen molar-refractivity contribution in [3.8, 4) is 5.88 Å². The molecule has 1 aromatic heterocycles. The van der Waals surface area contributed by atoms with Crippen molar-refractivity contribution in [2.75, 3.05) is 20.2 Å². The Bertz CT molecular complexity index is 670. The average molecular weight is 486 g/mol. The Balaban J connectivity index is 0.00000338. The van der Waals surface area contributed by atoms with Crippen molar-refractivity contribution in [1.82, 2.24) is 15.6 Å². The molecule has 1 aromatic carbocycles. The molecule has 0 spiro atoms. The molecule has 0 saturated carbocycles. The van der Waals surface area contributed by atoms with Crippen LogP contribution in [0.3, 0.4) is 0 Å². The summed E-state index contributed by atoms with van der Waals surface area (Å²) in [7, 11) is 1.62. The van der Waals surface area contributed by atoms with Crippen LogP contribution in [-0.2, 0) is 6.54 Å². The smallest absolute Gasteiger partial charge is 0.213 e. The monoisotopic (exact) mass is 486 g/mol. The van der Waals surface area contributed by atoms with Crippen LogP contribution in [0.5, 0.6) is 5.88 Å². The summed E-state index contributed by atoms with van der Waals surface area (Å²) in [5.74, 6) is 1.41. The normalized spacial score (nSPS) is 12.0. The fourth-order valence-corrected chi connectivity index (χ4v) is 3.12. The molecule has 0 fully saturated rings. The molecule has 0 aliphatic heterocycles. The number of methoxy groups -OCH3 is 1. The first kappa shape index (κ1) is 22.6. The highest BCUT2D eigenvalue weighted by Gasteiger charge is 2.06. The van der Waals surface area contributed by atoms with Gasteiger partial charge in [0.2, 0.25) is 5.88 Å². The van der Waals surface area contributed by atoms with Crippen molar-refractivity contribution in [2.45, 2.75) is 30.5 Å². The SMILES string of the molecule is CCNC(=NCc1cccc(OC)n1)NCC(C)Sc1ccccc1.I. The van der Waals surface area contributed by atoms with E-state index in [-0.39, 0.29) is 24.0 Å². The molecule has 5 nitrogen and oxygen atoms in total. The highest BCUT2D eigenvalue weighted by Crippen LogP contribution is 2.21. The van der Waals surface area contributed by atoms with Gasteiger partial charge in [0.05, 0.1) is 19.3 Å². The summed E-state index contributed by atoms with van der Waals surface area (Å²) < 4.78 is 5.15. The number of thioether (sulfide) groups is 1. The van der Waals surface area contributed by atoms with Crippen LogP contribution in [0.1, 0.15) is 19.5 Å². The van der Waals surface area contributed by atoms with Crippen molar-refractivity contribution in [2.24, 2.45) is 4.99 Å². The van der Waals surface area contributed by atoms with Gasteiger partial charge in [0.15, 0.2) is 5.96 Å². The Morgan fingerprint density at radius 3 is 2.62 bits per heavy atom. The minimum Gasteiger partial charge on any atom is -0.481 e. The fraction of sp³-hybridized carbons (Fsp3) is 0.368. The summed E-state index contributed by atoms with van der Waals surface area (Å²) in [6.45, 7) is 6.42. The number of hydrogen-bond acceptors (Lipinski definition) is 4. The number of nitrogens with zero attached hydrogens (tertiary/aromatic N) is 2. The number of aliphatic imine (C=N–C) groups is 1. The molecule has 7 heteroatoms. The quantitative estimate of drug-likeness (QED) is 0.256. The maximum Gasteiger partial charge on any atom is 0.213 e. The molecule has 0 aliphatic carbocycles. The third-order valence-corrected chi connectivity index (χ3v) is 4.48. The number of hydrogen-bond donors (Lipinski definition) is 2. The van der Waals surface area contributed by atoms with Crippen LogP contribution in [0.4, 0.5) is 0 Å². The lowest BCUT2D eigenvalue weighted by Crippen LogP contribution is -2.40. The number of ether oxygens (including phenoxy) is 1. The minimum atomic E-state index is 0. The fourth-order valence-electron chi connectivity index (χ4n) is 2.17. The molecule has 1 unspecified atom stereocenters. The van der Waals surface area contributed by atoms with Crippen LogP contribution in [0.2, 0.25) is 0 Å². The molecular weight excluding hydrogens is 459 g/mol. The van der Waals surface area contributed by atoms with Crippen molar-refractivity contribution >= 4 is 41.7 Å². The first-order valence-electron chi connectivity index (χ1n) is 8.45. The standard InChI is InChI=1S/C19H26N4OS.HI/c1-4-20-19(22-14-16-9-8-12-18(23-16)24-3)21-13-15(2)25-17-10-6-5-7-11-17;/h5-12,15H,4,13-14H2,1-3H3,(H2,20,21,22);1H. The predicted molar refractivity (Wildman–Crippen MR) is 121 cm³/mol. The second-order valence-corrected chi connectivity index (χ2v) is 7.00. The zero-order chi connectivity index (χ0) is 17.9. The van der Waals surface area contributed by atoms with E-state index in [1.165, 1.54) is 4.90 Å². The Morgan fingerprint density at radius 1 is 1.15 bits per heavy atom. The maximum atomic E-state index is 5.15. The maximum absolute atomic E-state index is 5.15. The van der Waals surface area contributed by atoms with Gasteiger partial charge in [-0.2, -0.15) is 0 Å². The van der Waals surface area contributed by atoms with Gasteiger partial charge in [0.1, 0.15) is 0 Å². The van der Waals surface area contributed by atoms with Crippen LogP contribution < -0.4 is 15.4 Å². The molecule has 2 aromatic rings. The van der Waals surface area contributed by atoms with Gasteiger partial charge in [-0.3, -0.25) is 0 Å². The zero-order valence-corrected chi connectivity index (χ0v) is 18.6. The largest absolute Gasteiger partial charge is 0.481 e. The molecule has 0 saturated heterocycles. The van der Waals surface area contributed by atoms with Gasteiger partial charge in [0, 0.05) is 29.3 Å². The average Bonchev–Trinajstić information content (AvgIpc) is 2.65. The van der Waals surface area contributed by atoms with Crippen LogP contribution in [0.25, 0.3) is 0 Å². The number of benzene rings is 1. The molecule has 0 aliphatic rings. The second-order valence-electron chi connectivity index (χ2n) is 5.49. The van der Waals surface area contributed by atoms with Gasteiger partial charge in [0.25, 0.3) is 0 Å². The van der Waals surface area contributed by atoms with Crippen molar-refractivity contribution < 1.29 is 4.74 Å². The van der Waals surface area contributed by atoms with E-state index >= 15 is 0 Å². The number of guanidine groups is 1. The van der Waals surface area contributed by atoms with Gasteiger partial charge in [-0.05, 0) is 25.1 Å². The van der Waals surface area contributed by atoms with Crippen LogP contribution in [0, 0.1) is 0 Å². The minimum absolute atomic E-state index is 0. The molecular formula is C19H27IN4OS. The van der Waals surface area contributed by atoms with E-state index in [1.54, 1.807) is 7.11 Å². The number of pyridine rings is 1. The number of halogens is 1. The molecule has 142 valence electrons. The van der Waals surface area contributed by atoms with E-state index in [2.05, 4.69) is 58.7 Å². The lowest BCUT2D eigenvalue weighted by Gasteiger charge is -2.15. The van der Waals surface area contributed by atoms with Crippen LogP contribution >= 0.6 is 35.7 Å². The van der Waals surface area contributed by atoms with Gasteiger partial charge in [-0.25, -0.2) is 9.98 Å². The summed E-state index contributed by atoms with van der Waals surface area (Å²) in [5.41, 5.74) is 0.878. The third-order valence-electron chi connectivity index (χ3n) is 3.37. The van der Waals surface area contributed by atoms with E-state index in [1.807, 2.05) is 36.0 Å². The summed E-state index contributed by atoms with van der Waals surface area (Å²) >= 11 is 1.85. The van der Waals surface area contributed by atoms with Gasteiger partial charge in [-0.1, -0.05) is 31.2 Å². The molecule has 2 rings (SSSR count). The topological polar surface area (TPSA) is 58.5 Å². The number of aromatic nitrogens is 1. The molecule has 0 bridgehead atoms. The van der Waals surface area contributed by atoms with Crippen molar-refractivity contribution in [3.63, 3.8) is 0 Å². The number of nitrogens with one attached hydrogen (secondary N) is 2. The molecule has 2 N–H and O–H groups in total. The Morgan fingerprint density at radius 2 is 1.92 bits per heavy atom.